The van der Waals surface area contributed by atoms with Crippen molar-refractivity contribution in [2.75, 3.05) is 0 Å². The number of hydrogen-bond donors (Lipinski definition) is 1. The van der Waals surface area contributed by atoms with Crippen LogP contribution in [0.2, 0.25) is 0 Å². The molecule has 0 fully saturated rings. The zero-order valence-electron chi connectivity index (χ0n) is 18.2. The van der Waals surface area contributed by atoms with E-state index >= 15 is 0 Å². The van der Waals surface area contributed by atoms with Crippen LogP contribution in [0.1, 0.15) is 5.56 Å². The number of hydrogen-bond acceptors (Lipinski definition) is 4. The van der Waals surface area contributed by atoms with E-state index in [-0.39, 0.29) is 43.6 Å². The average Bonchev–Trinajstić information content (AvgIpc) is 3.18. The molecule has 6 aromatic rings. The van der Waals surface area contributed by atoms with Crippen LogP contribution in [0.5, 0.6) is 17.4 Å². The first-order valence-corrected chi connectivity index (χ1v) is 10.6. The maximum atomic E-state index is 13.4. The third-order valence-corrected chi connectivity index (χ3v) is 5.77. The van der Waals surface area contributed by atoms with E-state index in [4.69, 9.17) is 4.74 Å². The van der Waals surface area contributed by atoms with Gasteiger partial charge in [-0.05, 0) is 41.8 Å². The summed E-state index contributed by atoms with van der Waals surface area (Å²) >= 11 is 0. The maximum Gasteiger partial charge on any atom is 0.417 e. The molecule has 0 spiro atoms. The number of pyridine rings is 2. The van der Waals surface area contributed by atoms with Crippen molar-refractivity contribution in [2.45, 2.75) is 6.18 Å². The molecule has 0 aliphatic carbocycles. The van der Waals surface area contributed by atoms with Gasteiger partial charge in [-0.1, -0.05) is 29.8 Å². The van der Waals surface area contributed by atoms with E-state index in [1.165, 1.54) is 12.1 Å². The van der Waals surface area contributed by atoms with Crippen molar-refractivity contribution in [3.63, 3.8) is 0 Å². The van der Waals surface area contributed by atoms with Gasteiger partial charge in [-0.2, -0.15) is 19.2 Å². The van der Waals surface area contributed by atoms with Crippen LogP contribution in [0.4, 0.5) is 13.2 Å². The molecule has 182 valence electrons. The average molecular weight is 666 g/mol. The van der Waals surface area contributed by atoms with Crippen LogP contribution in [0.25, 0.3) is 38.5 Å². The summed E-state index contributed by atoms with van der Waals surface area (Å²) in [5.41, 5.74) is 0.603. The molecule has 0 aliphatic rings. The normalized spacial score (nSPS) is 11.6. The number of fused-ring (bicyclic) bond motifs is 4. The number of phenolic OH excluding ortho intramolecular Hbond substituents is 1. The number of rotatable bonds is 3. The van der Waals surface area contributed by atoms with Crippen molar-refractivity contribution < 1.29 is 44.1 Å². The monoisotopic (exact) mass is 665 g/mol. The van der Waals surface area contributed by atoms with E-state index < -0.39 is 11.7 Å². The Kier molecular flexibility index (Phi) is 5.92. The number of phenols is 1. The van der Waals surface area contributed by atoms with Gasteiger partial charge in [0.05, 0.1) is 5.56 Å². The molecule has 36 heavy (non-hydrogen) atoms. The SMILES string of the molecule is Oc1ccc(C(F)(F)F)c2ccc(Oc3[c-]c4c(cc3)c3ccccc3n4-c3ccccn3)nc12.[Pt]. The van der Waals surface area contributed by atoms with Gasteiger partial charge in [0, 0.05) is 50.0 Å². The van der Waals surface area contributed by atoms with Gasteiger partial charge in [0.15, 0.2) is 0 Å². The molecule has 9 heteroatoms. The zero-order valence-corrected chi connectivity index (χ0v) is 20.5. The quantitative estimate of drug-likeness (QED) is 0.206. The maximum absolute atomic E-state index is 13.4. The Labute approximate surface area is 217 Å². The Morgan fingerprint density at radius 3 is 2.39 bits per heavy atom. The molecule has 3 heterocycles. The molecule has 3 aromatic heterocycles. The van der Waals surface area contributed by atoms with Crippen molar-refractivity contribution in [1.82, 2.24) is 14.5 Å². The zero-order chi connectivity index (χ0) is 24.2. The standard InChI is InChI=1S/C27H15F3N3O2.Pt/c28-27(29,30)20-11-12-23(34)26-19(20)10-13-25(32-26)35-16-8-9-18-17-5-1-2-6-21(17)33(22(18)15-16)24-7-3-4-14-31-24;/h1-14,34H;/q-1;. The van der Waals surface area contributed by atoms with Crippen molar-refractivity contribution in [2.24, 2.45) is 0 Å². The summed E-state index contributed by atoms with van der Waals surface area (Å²) < 4.78 is 47.9. The van der Waals surface area contributed by atoms with Crippen molar-refractivity contribution in [3.05, 3.63) is 96.7 Å². The number of halogens is 3. The van der Waals surface area contributed by atoms with Gasteiger partial charge in [0.2, 0.25) is 5.88 Å². The topological polar surface area (TPSA) is 60.2 Å². The van der Waals surface area contributed by atoms with Crippen LogP contribution in [0, 0.1) is 6.07 Å². The Morgan fingerprint density at radius 1 is 0.833 bits per heavy atom. The van der Waals surface area contributed by atoms with Crippen LogP contribution in [0.3, 0.4) is 0 Å². The Balaban J connectivity index is 0.00000267. The van der Waals surface area contributed by atoms with Crippen LogP contribution >= 0.6 is 0 Å². The fourth-order valence-electron chi connectivity index (χ4n) is 4.26. The van der Waals surface area contributed by atoms with Gasteiger partial charge in [-0.3, -0.25) is 0 Å². The number of aromatic nitrogens is 3. The second-order valence-corrected chi connectivity index (χ2v) is 7.90. The van der Waals surface area contributed by atoms with Crippen molar-refractivity contribution in [3.8, 4) is 23.2 Å². The minimum Gasteiger partial charge on any atom is -0.506 e. The van der Waals surface area contributed by atoms with Crippen LogP contribution < -0.4 is 4.74 Å². The van der Waals surface area contributed by atoms with Crippen LogP contribution in [-0.4, -0.2) is 19.6 Å². The molecule has 3 aromatic carbocycles. The molecule has 0 unspecified atom stereocenters. The molecule has 6 rings (SSSR count). The first-order valence-electron chi connectivity index (χ1n) is 10.6. The third-order valence-electron chi connectivity index (χ3n) is 5.77. The van der Waals surface area contributed by atoms with Gasteiger partial charge in [-0.15, -0.1) is 17.5 Å². The molecule has 0 saturated heterocycles. The van der Waals surface area contributed by atoms with Crippen molar-refractivity contribution >= 4 is 32.7 Å². The summed E-state index contributed by atoms with van der Waals surface area (Å²) in [6.45, 7) is 0. The number of alkyl halides is 3. The van der Waals surface area contributed by atoms with Gasteiger partial charge in [0.25, 0.3) is 0 Å². The minimum absolute atomic E-state index is 0. The summed E-state index contributed by atoms with van der Waals surface area (Å²) in [7, 11) is 0. The Morgan fingerprint density at radius 2 is 1.61 bits per heavy atom. The number of nitrogens with zero attached hydrogens (tertiary/aromatic N) is 3. The van der Waals surface area contributed by atoms with Crippen LogP contribution in [0.15, 0.2) is 85.1 Å². The summed E-state index contributed by atoms with van der Waals surface area (Å²) in [6.07, 6.45) is -2.87. The fourth-order valence-corrected chi connectivity index (χ4v) is 4.26. The fraction of sp³-hybridized carbons (Fsp3) is 0.0370. The number of benzene rings is 3. The number of para-hydroxylation sites is 1. The molecule has 0 amide bonds. The second-order valence-electron chi connectivity index (χ2n) is 7.90. The molecular weight excluding hydrogens is 650 g/mol. The van der Waals surface area contributed by atoms with E-state index in [0.717, 1.165) is 33.9 Å². The van der Waals surface area contributed by atoms with E-state index in [1.54, 1.807) is 12.3 Å². The van der Waals surface area contributed by atoms with Gasteiger partial charge in [0.1, 0.15) is 17.1 Å². The van der Waals surface area contributed by atoms with E-state index in [2.05, 4.69) is 16.0 Å². The smallest absolute Gasteiger partial charge is 0.417 e. The van der Waals surface area contributed by atoms with Gasteiger partial charge < -0.3 is 14.4 Å². The minimum atomic E-state index is -4.58. The van der Waals surface area contributed by atoms with Crippen molar-refractivity contribution in [1.29, 1.82) is 0 Å². The predicted molar refractivity (Wildman–Crippen MR) is 126 cm³/mol. The first-order chi connectivity index (χ1) is 16.9. The molecular formula is C27H15F3N3O2Pt-. The molecule has 0 saturated carbocycles. The molecule has 0 bridgehead atoms. The largest absolute Gasteiger partial charge is 0.506 e. The Bertz CT molecular complexity index is 1730. The molecule has 0 radical (unpaired) electrons. The molecule has 5 nitrogen and oxygen atoms in total. The van der Waals surface area contributed by atoms with E-state index in [0.29, 0.717) is 11.6 Å². The second kappa shape index (κ2) is 8.95. The van der Waals surface area contributed by atoms with E-state index in [1.807, 2.05) is 53.1 Å². The summed E-state index contributed by atoms with van der Waals surface area (Å²) in [6, 6.07) is 24.8. The molecule has 0 atom stereocenters. The molecule has 1 N–H and O–H groups in total. The summed E-state index contributed by atoms with van der Waals surface area (Å²) in [5, 5.41) is 11.9. The summed E-state index contributed by atoms with van der Waals surface area (Å²) in [5.74, 6) is 0.688. The molecule has 0 aliphatic heterocycles. The number of ether oxygens (including phenoxy) is 1. The van der Waals surface area contributed by atoms with Crippen LogP contribution in [-0.2, 0) is 27.2 Å². The first kappa shape index (κ1) is 23.8. The predicted octanol–water partition coefficient (Wildman–Crippen LogP) is 7.04. The Hall–Kier alpha value is -3.90. The van der Waals surface area contributed by atoms with E-state index in [9.17, 15) is 18.3 Å². The third kappa shape index (κ3) is 3.97. The van der Waals surface area contributed by atoms with Gasteiger partial charge >= 0.3 is 6.18 Å². The number of aromatic hydroxyl groups is 1. The van der Waals surface area contributed by atoms with Gasteiger partial charge in [-0.25, -0.2) is 9.97 Å². The summed E-state index contributed by atoms with van der Waals surface area (Å²) in [4.78, 5) is 8.61.